The Hall–Kier alpha value is -1.68. The van der Waals surface area contributed by atoms with Crippen molar-refractivity contribution in [3.8, 4) is 11.1 Å². The predicted molar refractivity (Wildman–Crippen MR) is 62.4 cm³/mol. The number of nitroso groups, excluding NO2 is 1. The van der Waals surface area contributed by atoms with Gasteiger partial charge in [0, 0.05) is 16.7 Å². The van der Waals surface area contributed by atoms with E-state index in [9.17, 15) is 4.91 Å². The Labute approximate surface area is 92.6 Å². The zero-order valence-electron chi connectivity index (χ0n) is 7.79. The average molecular weight is 216 g/mol. The summed E-state index contributed by atoms with van der Waals surface area (Å²) in [6, 6.07) is 11.1. The van der Waals surface area contributed by atoms with Crippen molar-refractivity contribution in [3.63, 3.8) is 0 Å². The first-order valence-corrected chi connectivity index (χ1v) is 4.84. The molecule has 0 saturated heterocycles. The SMILES string of the molecule is O=Nc1ncccc1-c1ccc(S)cc1. The minimum absolute atomic E-state index is 0.212. The van der Waals surface area contributed by atoms with E-state index in [1.807, 2.05) is 30.3 Å². The molecule has 0 saturated carbocycles. The molecule has 0 aliphatic carbocycles. The van der Waals surface area contributed by atoms with Gasteiger partial charge in [0.1, 0.15) is 0 Å². The summed E-state index contributed by atoms with van der Waals surface area (Å²) in [7, 11) is 0. The van der Waals surface area contributed by atoms with Crippen molar-refractivity contribution < 1.29 is 0 Å². The number of aromatic nitrogens is 1. The molecule has 1 aromatic carbocycles. The van der Waals surface area contributed by atoms with Gasteiger partial charge in [0.05, 0.1) is 0 Å². The van der Waals surface area contributed by atoms with Gasteiger partial charge in [0.25, 0.3) is 0 Å². The molecule has 0 fully saturated rings. The molecule has 0 aliphatic rings. The Kier molecular flexibility index (Phi) is 2.78. The number of thiol groups is 1. The molecule has 0 amide bonds. The van der Waals surface area contributed by atoms with E-state index in [1.54, 1.807) is 12.3 Å². The van der Waals surface area contributed by atoms with Crippen molar-refractivity contribution >= 4 is 18.4 Å². The lowest BCUT2D eigenvalue weighted by Crippen LogP contribution is -1.81. The first-order valence-electron chi connectivity index (χ1n) is 4.39. The van der Waals surface area contributed by atoms with Gasteiger partial charge in [0.2, 0.25) is 5.82 Å². The van der Waals surface area contributed by atoms with E-state index >= 15 is 0 Å². The molecular formula is C11H8N2OS. The number of nitrogens with zero attached hydrogens (tertiary/aromatic N) is 2. The summed E-state index contributed by atoms with van der Waals surface area (Å²) >= 11 is 4.19. The van der Waals surface area contributed by atoms with Crippen molar-refractivity contribution in [2.45, 2.75) is 4.90 Å². The van der Waals surface area contributed by atoms with Crippen LogP contribution in [0.15, 0.2) is 52.7 Å². The van der Waals surface area contributed by atoms with Crippen LogP contribution >= 0.6 is 12.6 Å². The molecule has 2 rings (SSSR count). The molecule has 0 spiro atoms. The summed E-state index contributed by atoms with van der Waals surface area (Å²) < 4.78 is 0. The molecule has 0 unspecified atom stereocenters. The molecule has 15 heavy (non-hydrogen) atoms. The van der Waals surface area contributed by atoms with Crippen LogP contribution < -0.4 is 0 Å². The van der Waals surface area contributed by atoms with E-state index in [0.717, 1.165) is 16.0 Å². The van der Waals surface area contributed by atoms with Crippen LogP contribution in [-0.2, 0) is 0 Å². The molecule has 2 aromatic rings. The van der Waals surface area contributed by atoms with E-state index in [0.29, 0.717) is 0 Å². The summed E-state index contributed by atoms with van der Waals surface area (Å²) in [4.78, 5) is 15.3. The highest BCUT2D eigenvalue weighted by molar-refractivity contribution is 7.80. The van der Waals surface area contributed by atoms with E-state index in [4.69, 9.17) is 0 Å². The highest BCUT2D eigenvalue weighted by atomic mass is 32.1. The molecule has 1 heterocycles. The average Bonchev–Trinajstić information content (AvgIpc) is 2.30. The summed E-state index contributed by atoms with van der Waals surface area (Å²) in [6.45, 7) is 0. The van der Waals surface area contributed by atoms with Crippen molar-refractivity contribution in [2.24, 2.45) is 5.18 Å². The van der Waals surface area contributed by atoms with Gasteiger partial charge in [0.15, 0.2) is 0 Å². The first kappa shape index (κ1) is 9.86. The van der Waals surface area contributed by atoms with Gasteiger partial charge >= 0.3 is 0 Å². The first-order chi connectivity index (χ1) is 7.31. The van der Waals surface area contributed by atoms with Gasteiger partial charge in [-0.25, -0.2) is 4.98 Å². The lowest BCUT2D eigenvalue weighted by molar-refractivity contribution is 1.26. The zero-order valence-corrected chi connectivity index (χ0v) is 8.69. The van der Waals surface area contributed by atoms with E-state index in [2.05, 4.69) is 22.8 Å². The lowest BCUT2D eigenvalue weighted by Gasteiger charge is -2.02. The van der Waals surface area contributed by atoms with Crippen molar-refractivity contribution in [1.29, 1.82) is 0 Å². The number of hydrogen-bond donors (Lipinski definition) is 1. The highest BCUT2D eigenvalue weighted by Crippen LogP contribution is 2.28. The number of hydrogen-bond acceptors (Lipinski definition) is 4. The molecule has 4 heteroatoms. The number of benzene rings is 1. The van der Waals surface area contributed by atoms with E-state index < -0.39 is 0 Å². The smallest absolute Gasteiger partial charge is 0.204 e. The molecule has 0 atom stereocenters. The Morgan fingerprint density at radius 1 is 1.13 bits per heavy atom. The summed E-state index contributed by atoms with van der Waals surface area (Å²) in [5, 5.41) is 2.89. The topological polar surface area (TPSA) is 42.3 Å². The maximum atomic E-state index is 10.5. The molecule has 0 radical (unpaired) electrons. The third-order valence-corrected chi connectivity index (χ3v) is 2.35. The van der Waals surface area contributed by atoms with Crippen LogP contribution in [0.5, 0.6) is 0 Å². The molecule has 0 aliphatic heterocycles. The maximum absolute atomic E-state index is 10.5. The molecule has 74 valence electrons. The summed E-state index contributed by atoms with van der Waals surface area (Å²) in [5.74, 6) is 0.212. The van der Waals surface area contributed by atoms with E-state index in [1.165, 1.54) is 0 Å². The van der Waals surface area contributed by atoms with Gasteiger partial charge in [-0.15, -0.1) is 17.5 Å². The molecule has 1 aromatic heterocycles. The van der Waals surface area contributed by atoms with Crippen LogP contribution in [-0.4, -0.2) is 4.98 Å². The molecule has 0 N–H and O–H groups in total. The second-order valence-electron chi connectivity index (χ2n) is 3.01. The Morgan fingerprint density at radius 3 is 2.53 bits per heavy atom. The second kappa shape index (κ2) is 4.23. The van der Waals surface area contributed by atoms with Crippen LogP contribution in [0.25, 0.3) is 11.1 Å². The van der Waals surface area contributed by atoms with Gasteiger partial charge < -0.3 is 0 Å². The van der Waals surface area contributed by atoms with Crippen molar-refractivity contribution in [3.05, 3.63) is 47.5 Å². The monoisotopic (exact) mass is 216 g/mol. The van der Waals surface area contributed by atoms with Gasteiger partial charge in [-0.3, -0.25) is 0 Å². The fraction of sp³-hybridized carbons (Fsp3) is 0. The summed E-state index contributed by atoms with van der Waals surface area (Å²) in [5.41, 5.74) is 1.65. The normalized spacial score (nSPS) is 9.93. The van der Waals surface area contributed by atoms with Crippen LogP contribution in [0.3, 0.4) is 0 Å². The van der Waals surface area contributed by atoms with Crippen LogP contribution in [0.4, 0.5) is 5.82 Å². The van der Waals surface area contributed by atoms with E-state index in [-0.39, 0.29) is 5.82 Å². The number of pyridine rings is 1. The minimum Gasteiger partial charge on any atom is -0.234 e. The third-order valence-electron chi connectivity index (χ3n) is 2.05. The predicted octanol–water partition coefficient (Wildman–Crippen LogP) is 3.44. The van der Waals surface area contributed by atoms with Gasteiger partial charge in [-0.05, 0) is 35.0 Å². The standard InChI is InChI=1S/C11H8N2OS/c14-13-11-10(2-1-7-12-11)8-3-5-9(15)6-4-8/h1-7,15H. The quantitative estimate of drug-likeness (QED) is 0.617. The lowest BCUT2D eigenvalue weighted by atomic mass is 10.1. The fourth-order valence-electron chi connectivity index (χ4n) is 1.34. The molecule has 0 bridgehead atoms. The highest BCUT2D eigenvalue weighted by Gasteiger charge is 2.05. The Bertz CT molecular complexity index is 482. The van der Waals surface area contributed by atoms with Crippen LogP contribution in [0, 0.1) is 4.91 Å². The maximum Gasteiger partial charge on any atom is 0.204 e. The Morgan fingerprint density at radius 2 is 1.87 bits per heavy atom. The zero-order chi connectivity index (χ0) is 10.7. The summed E-state index contributed by atoms with van der Waals surface area (Å²) in [6.07, 6.45) is 1.55. The van der Waals surface area contributed by atoms with Crippen LogP contribution in [0.2, 0.25) is 0 Å². The number of rotatable bonds is 2. The minimum atomic E-state index is 0.212. The van der Waals surface area contributed by atoms with Crippen molar-refractivity contribution in [2.75, 3.05) is 0 Å². The third kappa shape index (κ3) is 2.05. The van der Waals surface area contributed by atoms with Crippen LogP contribution in [0.1, 0.15) is 0 Å². The molecule has 3 nitrogen and oxygen atoms in total. The Balaban J connectivity index is 2.53. The molecular weight excluding hydrogens is 208 g/mol. The largest absolute Gasteiger partial charge is 0.234 e. The fourth-order valence-corrected chi connectivity index (χ4v) is 1.49. The van der Waals surface area contributed by atoms with Gasteiger partial charge in [-0.1, -0.05) is 12.1 Å². The van der Waals surface area contributed by atoms with Gasteiger partial charge in [-0.2, -0.15) is 0 Å². The van der Waals surface area contributed by atoms with Crippen molar-refractivity contribution in [1.82, 2.24) is 4.98 Å². The second-order valence-corrected chi connectivity index (χ2v) is 3.53.